The minimum atomic E-state index is 0.207. The lowest BCUT2D eigenvalue weighted by atomic mass is 10.1. The van der Waals surface area contributed by atoms with Crippen LogP contribution in [0, 0.1) is 13.8 Å². The molecule has 7 heteroatoms. The average molecular weight is 417 g/mol. The number of aromatic nitrogens is 5. The number of anilines is 1. The minimum absolute atomic E-state index is 0.207. The van der Waals surface area contributed by atoms with E-state index in [0.29, 0.717) is 19.0 Å². The third-order valence-corrected chi connectivity index (χ3v) is 5.07. The molecule has 0 radical (unpaired) electrons. The van der Waals surface area contributed by atoms with Crippen LogP contribution in [0.2, 0.25) is 0 Å². The van der Waals surface area contributed by atoms with Gasteiger partial charge in [0.2, 0.25) is 5.88 Å². The van der Waals surface area contributed by atoms with Crippen LogP contribution in [0.5, 0.6) is 5.88 Å². The summed E-state index contributed by atoms with van der Waals surface area (Å²) in [7, 11) is 0. The van der Waals surface area contributed by atoms with E-state index in [0.717, 1.165) is 39.4 Å². The Balaban J connectivity index is 1.85. The topological polar surface area (TPSA) is 77.8 Å². The second-order valence-corrected chi connectivity index (χ2v) is 7.84. The summed E-state index contributed by atoms with van der Waals surface area (Å²) in [6.45, 7) is 11.4. The molecule has 4 rings (SSSR count). The molecule has 0 saturated heterocycles. The van der Waals surface area contributed by atoms with Crippen LogP contribution in [-0.2, 0) is 6.54 Å². The molecular formula is C24H28N6O. The van der Waals surface area contributed by atoms with Crippen molar-refractivity contribution in [3.63, 3.8) is 0 Å². The standard InChI is InChI=1S/C24H28N6O/c1-6-31-24-19(8-7-10-26-24)20-13-21(27-14-18-12-16(4)9-11-25-18)23-22(28-20)17(5)29-30(23)15(2)3/h7-13,15H,6,14H2,1-5H3,(H,27,28). The highest BCUT2D eigenvalue weighted by molar-refractivity contribution is 5.93. The van der Waals surface area contributed by atoms with Crippen molar-refractivity contribution in [2.45, 2.75) is 47.2 Å². The molecule has 0 spiro atoms. The van der Waals surface area contributed by atoms with Gasteiger partial charge in [0, 0.05) is 18.4 Å². The van der Waals surface area contributed by atoms with Crippen LogP contribution in [0.3, 0.4) is 0 Å². The zero-order valence-electron chi connectivity index (χ0n) is 18.7. The van der Waals surface area contributed by atoms with E-state index in [-0.39, 0.29) is 6.04 Å². The van der Waals surface area contributed by atoms with Crippen molar-refractivity contribution in [3.8, 4) is 17.1 Å². The average Bonchev–Trinajstić information content (AvgIpc) is 3.10. The van der Waals surface area contributed by atoms with Crippen molar-refractivity contribution in [1.29, 1.82) is 0 Å². The molecule has 0 atom stereocenters. The molecular weight excluding hydrogens is 388 g/mol. The third kappa shape index (κ3) is 4.21. The zero-order chi connectivity index (χ0) is 22.0. The maximum atomic E-state index is 5.76. The molecule has 0 amide bonds. The number of nitrogens with zero attached hydrogens (tertiary/aromatic N) is 5. The van der Waals surface area contributed by atoms with Gasteiger partial charge in [0.1, 0.15) is 11.0 Å². The Kier molecular flexibility index (Phi) is 5.84. The maximum absolute atomic E-state index is 5.76. The smallest absolute Gasteiger partial charge is 0.222 e. The van der Waals surface area contributed by atoms with Gasteiger partial charge in [-0.15, -0.1) is 0 Å². The maximum Gasteiger partial charge on any atom is 0.222 e. The van der Waals surface area contributed by atoms with E-state index in [1.165, 1.54) is 5.56 Å². The molecule has 0 aliphatic carbocycles. The Morgan fingerprint density at radius 2 is 1.94 bits per heavy atom. The van der Waals surface area contributed by atoms with Crippen LogP contribution < -0.4 is 10.1 Å². The second-order valence-electron chi connectivity index (χ2n) is 7.84. The van der Waals surface area contributed by atoms with Crippen LogP contribution in [0.15, 0.2) is 42.7 Å². The monoisotopic (exact) mass is 416 g/mol. The third-order valence-electron chi connectivity index (χ3n) is 5.07. The SMILES string of the molecule is CCOc1ncccc1-c1cc(NCc2cc(C)ccn2)c2c(n1)c(C)nn2C(C)C. The number of nitrogens with one attached hydrogen (secondary N) is 1. The molecule has 0 saturated carbocycles. The molecule has 0 aromatic carbocycles. The van der Waals surface area contributed by atoms with Gasteiger partial charge in [0.05, 0.1) is 41.5 Å². The molecule has 1 N–H and O–H groups in total. The lowest BCUT2D eigenvalue weighted by Gasteiger charge is -2.15. The van der Waals surface area contributed by atoms with Gasteiger partial charge in [-0.25, -0.2) is 9.97 Å². The number of ether oxygens (including phenoxy) is 1. The van der Waals surface area contributed by atoms with Crippen molar-refractivity contribution in [1.82, 2.24) is 24.7 Å². The van der Waals surface area contributed by atoms with Crippen molar-refractivity contribution in [2.75, 3.05) is 11.9 Å². The van der Waals surface area contributed by atoms with Gasteiger partial charge < -0.3 is 10.1 Å². The first kappa shape index (κ1) is 20.8. The lowest BCUT2D eigenvalue weighted by Crippen LogP contribution is -2.08. The van der Waals surface area contributed by atoms with E-state index in [1.54, 1.807) is 6.20 Å². The summed E-state index contributed by atoms with van der Waals surface area (Å²) in [5.41, 5.74) is 7.55. The predicted octanol–water partition coefficient (Wildman–Crippen LogP) is 5.10. The fourth-order valence-corrected chi connectivity index (χ4v) is 3.65. The quantitative estimate of drug-likeness (QED) is 0.452. The van der Waals surface area contributed by atoms with E-state index < -0.39 is 0 Å². The number of rotatable bonds is 7. The molecule has 0 aliphatic heterocycles. The summed E-state index contributed by atoms with van der Waals surface area (Å²) in [6, 6.07) is 10.2. The van der Waals surface area contributed by atoms with Crippen LogP contribution >= 0.6 is 0 Å². The van der Waals surface area contributed by atoms with Gasteiger partial charge in [-0.05, 0) is 70.5 Å². The van der Waals surface area contributed by atoms with Gasteiger partial charge in [-0.1, -0.05) is 0 Å². The number of aryl methyl sites for hydroxylation is 2. The van der Waals surface area contributed by atoms with E-state index in [2.05, 4.69) is 48.2 Å². The molecule has 31 heavy (non-hydrogen) atoms. The Morgan fingerprint density at radius 1 is 1.10 bits per heavy atom. The number of fused-ring (bicyclic) bond motifs is 1. The highest BCUT2D eigenvalue weighted by Crippen LogP contribution is 2.34. The van der Waals surface area contributed by atoms with Crippen LogP contribution in [0.1, 0.15) is 43.8 Å². The van der Waals surface area contributed by atoms with Gasteiger partial charge in [0.15, 0.2) is 0 Å². The zero-order valence-corrected chi connectivity index (χ0v) is 18.7. The van der Waals surface area contributed by atoms with Gasteiger partial charge in [-0.3, -0.25) is 9.67 Å². The molecule has 4 aromatic heterocycles. The lowest BCUT2D eigenvalue weighted by molar-refractivity contribution is 0.328. The Labute approximate surface area is 182 Å². The van der Waals surface area contributed by atoms with Crippen LogP contribution in [0.25, 0.3) is 22.3 Å². The Morgan fingerprint density at radius 3 is 2.68 bits per heavy atom. The summed E-state index contributed by atoms with van der Waals surface area (Å²) in [4.78, 5) is 13.8. The number of hydrogen-bond donors (Lipinski definition) is 1. The van der Waals surface area contributed by atoms with E-state index >= 15 is 0 Å². The van der Waals surface area contributed by atoms with Crippen molar-refractivity contribution < 1.29 is 4.74 Å². The highest BCUT2D eigenvalue weighted by atomic mass is 16.5. The molecule has 160 valence electrons. The molecule has 0 unspecified atom stereocenters. The van der Waals surface area contributed by atoms with E-state index in [1.807, 2.05) is 42.9 Å². The van der Waals surface area contributed by atoms with Crippen molar-refractivity contribution >= 4 is 16.7 Å². The first-order valence-corrected chi connectivity index (χ1v) is 10.6. The minimum Gasteiger partial charge on any atom is -0.477 e. The summed E-state index contributed by atoms with van der Waals surface area (Å²) in [6.07, 6.45) is 3.57. The van der Waals surface area contributed by atoms with Crippen LogP contribution in [-0.4, -0.2) is 31.3 Å². The Hall–Kier alpha value is -3.48. The summed E-state index contributed by atoms with van der Waals surface area (Å²) in [5, 5.41) is 8.34. The molecule has 0 fully saturated rings. The molecule has 0 aliphatic rings. The van der Waals surface area contributed by atoms with Gasteiger partial charge >= 0.3 is 0 Å². The van der Waals surface area contributed by atoms with Crippen LogP contribution in [0.4, 0.5) is 5.69 Å². The van der Waals surface area contributed by atoms with Gasteiger partial charge in [0.25, 0.3) is 0 Å². The van der Waals surface area contributed by atoms with Crippen molar-refractivity contribution in [3.05, 3.63) is 59.7 Å². The largest absolute Gasteiger partial charge is 0.477 e. The highest BCUT2D eigenvalue weighted by Gasteiger charge is 2.19. The predicted molar refractivity (Wildman–Crippen MR) is 123 cm³/mol. The summed E-state index contributed by atoms with van der Waals surface area (Å²) < 4.78 is 7.79. The Bertz CT molecular complexity index is 1210. The summed E-state index contributed by atoms with van der Waals surface area (Å²) >= 11 is 0. The number of hydrogen-bond acceptors (Lipinski definition) is 6. The molecule has 7 nitrogen and oxygen atoms in total. The van der Waals surface area contributed by atoms with E-state index in [4.69, 9.17) is 14.8 Å². The molecule has 0 bridgehead atoms. The fourth-order valence-electron chi connectivity index (χ4n) is 3.65. The van der Waals surface area contributed by atoms with Gasteiger partial charge in [-0.2, -0.15) is 5.10 Å². The number of pyridine rings is 3. The summed E-state index contributed by atoms with van der Waals surface area (Å²) in [5.74, 6) is 0.581. The molecule has 4 aromatic rings. The second kappa shape index (κ2) is 8.71. The van der Waals surface area contributed by atoms with E-state index in [9.17, 15) is 0 Å². The first-order chi connectivity index (χ1) is 15.0. The normalized spacial score (nSPS) is 11.3. The first-order valence-electron chi connectivity index (χ1n) is 10.6. The molecule has 4 heterocycles. The fraction of sp³-hybridized carbons (Fsp3) is 0.333. The van der Waals surface area contributed by atoms with Crippen molar-refractivity contribution in [2.24, 2.45) is 0 Å².